The minimum atomic E-state index is -1.10. The van der Waals surface area contributed by atoms with Gasteiger partial charge in [0.2, 0.25) is 11.8 Å². The molecule has 1 N–H and O–H groups in total. The largest absolute Gasteiger partial charge is 0.466 e. The summed E-state index contributed by atoms with van der Waals surface area (Å²) in [6, 6.07) is -1.46. The molecule has 2 amide bonds. The summed E-state index contributed by atoms with van der Waals surface area (Å²) in [7, 11) is 0. The van der Waals surface area contributed by atoms with Crippen molar-refractivity contribution < 1.29 is 29.0 Å². The number of hydrogen-bond acceptors (Lipinski definition) is 6. The Labute approximate surface area is 197 Å². The van der Waals surface area contributed by atoms with E-state index < -0.39 is 47.1 Å². The van der Waals surface area contributed by atoms with Gasteiger partial charge in [-0.05, 0) is 46.5 Å². The zero-order valence-electron chi connectivity index (χ0n) is 20.9. The van der Waals surface area contributed by atoms with Crippen molar-refractivity contribution in [2.75, 3.05) is 19.8 Å². The van der Waals surface area contributed by atoms with Crippen LogP contribution >= 0.6 is 0 Å². The second kappa shape index (κ2) is 9.37. The van der Waals surface area contributed by atoms with Crippen molar-refractivity contribution in [1.29, 1.82) is 0 Å². The van der Waals surface area contributed by atoms with Crippen LogP contribution in [0.25, 0.3) is 0 Å². The lowest BCUT2D eigenvalue weighted by Gasteiger charge is -2.44. The van der Waals surface area contributed by atoms with Gasteiger partial charge in [0.15, 0.2) is 0 Å². The molecule has 8 heteroatoms. The molecule has 3 rings (SSSR count). The van der Waals surface area contributed by atoms with Crippen molar-refractivity contribution in [1.82, 2.24) is 9.80 Å². The zero-order chi connectivity index (χ0) is 24.7. The fourth-order valence-electron chi connectivity index (χ4n) is 6.02. The van der Waals surface area contributed by atoms with Gasteiger partial charge in [0, 0.05) is 12.1 Å². The van der Waals surface area contributed by atoms with Gasteiger partial charge in [-0.1, -0.05) is 26.3 Å². The molecule has 3 aliphatic rings. The van der Waals surface area contributed by atoms with Crippen molar-refractivity contribution in [2.45, 2.75) is 90.1 Å². The summed E-state index contributed by atoms with van der Waals surface area (Å²) in [4.78, 5) is 44.4. The highest BCUT2D eigenvalue weighted by atomic mass is 16.6. The number of esters is 1. The topological polar surface area (TPSA) is 96.4 Å². The molecule has 3 fully saturated rings. The molecular weight excluding hydrogens is 424 g/mol. The van der Waals surface area contributed by atoms with Crippen LogP contribution in [0.4, 0.5) is 0 Å². The standard InChI is InChI=1S/C25H40N2O6/c1-8-13-26(24(5,6)7)22(30)20-25-12-11-17(33-25)18(23(31)32-10-3)19(25)21(29)27(20)16(14-28)15(4)9-2/h8,15-20,28H,1,9-14H2,2-7H3/t15-,16-,17-,18+,19-,20?,25?/m0/s1. The summed E-state index contributed by atoms with van der Waals surface area (Å²) in [6.45, 7) is 15.6. The van der Waals surface area contributed by atoms with Crippen molar-refractivity contribution in [3.05, 3.63) is 12.7 Å². The van der Waals surface area contributed by atoms with E-state index in [0.29, 0.717) is 19.4 Å². The first kappa shape index (κ1) is 25.7. The Morgan fingerprint density at radius 3 is 2.58 bits per heavy atom. The molecule has 3 saturated heterocycles. The number of aliphatic hydroxyl groups is 1. The Bertz CT molecular complexity index is 792. The predicted octanol–water partition coefficient (Wildman–Crippen LogP) is 2.14. The third kappa shape index (κ3) is 3.99. The number of amides is 2. The van der Waals surface area contributed by atoms with Crippen LogP contribution in [0.3, 0.4) is 0 Å². The third-order valence-electron chi connectivity index (χ3n) is 7.76. The highest BCUT2D eigenvalue weighted by molar-refractivity contribution is 5.98. The minimum absolute atomic E-state index is 0.0368. The van der Waals surface area contributed by atoms with Crippen LogP contribution in [0, 0.1) is 17.8 Å². The Balaban J connectivity index is 2.14. The smallest absolute Gasteiger partial charge is 0.312 e. The van der Waals surface area contributed by atoms with Gasteiger partial charge in [-0.25, -0.2) is 0 Å². The number of fused-ring (bicyclic) bond motifs is 1. The van der Waals surface area contributed by atoms with Gasteiger partial charge < -0.3 is 24.4 Å². The highest BCUT2D eigenvalue weighted by Gasteiger charge is 2.76. The van der Waals surface area contributed by atoms with Gasteiger partial charge in [-0.15, -0.1) is 6.58 Å². The summed E-state index contributed by atoms with van der Waals surface area (Å²) in [5.41, 5.74) is -1.61. The lowest BCUT2D eigenvalue weighted by molar-refractivity contribution is -0.158. The van der Waals surface area contributed by atoms with E-state index in [1.807, 2.05) is 34.6 Å². The van der Waals surface area contributed by atoms with E-state index in [9.17, 15) is 19.5 Å². The number of carbonyl (C=O) groups is 3. The van der Waals surface area contributed by atoms with Gasteiger partial charge in [-0.2, -0.15) is 0 Å². The molecule has 0 radical (unpaired) electrons. The predicted molar refractivity (Wildman–Crippen MR) is 123 cm³/mol. The van der Waals surface area contributed by atoms with E-state index in [1.54, 1.807) is 22.8 Å². The number of hydrogen-bond donors (Lipinski definition) is 1. The maximum atomic E-state index is 14.2. The zero-order valence-corrected chi connectivity index (χ0v) is 20.9. The maximum Gasteiger partial charge on any atom is 0.312 e. The number of carbonyl (C=O) groups excluding carboxylic acids is 3. The molecule has 3 aliphatic heterocycles. The van der Waals surface area contributed by atoms with E-state index in [2.05, 4.69) is 6.58 Å². The van der Waals surface area contributed by atoms with Crippen LogP contribution < -0.4 is 0 Å². The SMILES string of the molecule is C=CCN(C(=O)C1N([C@@H](CO)[C@@H](C)CC)C(=O)[C@@H]2[C@H](C(=O)OCC)[C@@H]3CCC12O3)C(C)(C)C. The molecule has 2 bridgehead atoms. The van der Waals surface area contributed by atoms with E-state index in [4.69, 9.17) is 9.47 Å². The van der Waals surface area contributed by atoms with E-state index in [-0.39, 0.29) is 30.9 Å². The summed E-state index contributed by atoms with van der Waals surface area (Å²) in [6.07, 6.45) is 3.07. The number of likely N-dealkylation sites (tertiary alicyclic amines) is 1. The van der Waals surface area contributed by atoms with E-state index in [0.717, 1.165) is 6.42 Å². The first-order chi connectivity index (χ1) is 15.5. The molecule has 0 aliphatic carbocycles. The maximum absolute atomic E-state index is 14.2. The molecule has 3 heterocycles. The van der Waals surface area contributed by atoms with Gasteiger partial charge in [0.05, 0.1) is 37.2 Å². The van der Waals surface area contributed by atoms with Crippen molar-refractivity contribution in [2.24, 2.45) is 17.8 Å². The normalized spacial score (nSPS) is 32.5. The first-order valence-electron chi connectivity index (χ1n) is 12.2. The van der Waals surface area contributed by atoms with Gasteiger partial charge in [0.25, 0.3) is 0 Å². The van der Waals surface area contributed by atoms with Crippen LogP contribution in [0.15, 0.2) is 12.7 Å². The molecule has 2 unspecified atom stereocenters. The number of ether oxygens (including phenoxy) is 2. The van der Waals surface area contributed by atoms with Crippen molar-refractivity contribution >= 4 is 17.8 Å². The molecule has 0 aromatic heterocycles. The Morgan fingerprint density at radius 2 is 2.06 bits per heavy atom. The minimum Gasteiger partial charge on any atom is -0.466 e. The molecule has 7 atom stereocenters. The lowest BCUT2D eigenvalue weighted by Crippen LogP contribution is -2.62. The Hall–Kier alpha value is -1.93. The summed E-state index contributed by atoms with van der Waals surface area (Å²) >= 11 is 0. The Morgan fingerprint density at radius 1 is 1.39 bits per heavy atom. The quantitative estimate of drug-likeness (QED) is 0.415. The van der Waals surface area contributed by atoms with Crippen molar-refractivity contribution in [3.8, 4) is 0 Å². The highest BCUT2D eigenvalue weighted by Crippen LogP contribution is 2.59. The lowest BCUT2D eigenvalue weighted by atomic mass is 9.70. The van der Waals surface area contributed by atoms with E-state index >= 15 is 0 Å². The monoisotopic (exact) mass is 464 g/mol. The van der Waals surface area contributed by atoms with Crippen molar-refractivity contribution in [3.63, 3.8) is 0 Å². The molecular formula is C25H40N2O6. The molecule has 0 aromatic carbocycles. The average molecular weight is 465 g/mol. The van der Waals surface area contributed by atoms with Gasteiger partial charge >= 0.3 is 5.97 Å². The van der Waals surface area contributed by atoms with Crippen LogP contribution in [0.2, 0.25) is 0 Å². The fraction of sp³-hybridized carbons (Fsp3) is 0.800. The second-order valence-corrected chi connectivity index (χ2v) is 10.6. The number of rotatable bonds is 9. The van der Waals surface area contributed by atoms with Crippen LogP contribution in [-0.2, 0) is 23.9 Å². The second-order valence-electron chi connectivity index (χ2n) is 10.6. The summed E-state index contributed by atoms with van der Waals surface area (Å²) in [5.74, 6) is -2.52. The number of nitrogens with zero attached hydrogens (tertiary/aromatic N) is 2. The molecule has 1 spiro atoms. The molecule has 8 nitrogen and oxygen atoms in total. The summed E-state index contributed by atoms with van der Waals surface area (Å²) < 4.78 is 11.7. The number of aliphatic hydroxyl groups excluding tert-OH is 1. The summed E-state index contributed by atoms with van der Waals surface area (Å²) in [5, 5.41) is 10.3. The van der Waals surface area contributed by atoms with Gasteiger partial charge in [0.1, 0.15) is 11.6 Å². The van der Waals surface area contributed by atoms with Crippen LogP contribution in [0.1, 0.15) is 60.8 Å². The fourth-order valence-corrected chi connectivity index (χ4v) is 6.02. The van der Waals surface area contributed by atoms with Gasteiger partial charge in [-0.3, -0.25) is 14.4 Å². The van der Waals surface area contributed by atoms with Crippen LogP contribution in [-0.4, -0.2) is 81.8 Å². The first-order valence-corrected chi connectivity index (χ1v) is 12.2. The van der Waals surface area contributed by atoms with E-state index in [1.165, 1.54) is 0 Å². The Kier molecular flexibility index (Phi) is 7.30. The van der Waals surface area contributed by atoms with Crippen LogP contribution in [0.5, 0.6) is 0 Å². The third-order valence-corrected chi connectivity index (χ3v) is 7.76. The average Bonchev–Trinajstić information content (AvgIpc) is 3.39. The molecule has 0 saturated carbocycles. The molecule has 186 valence electrons. The molecule has 0 aromatic rings. The molecule has 33 heavy (non-hydrogen) atoms.